The van der Waals surface area contributed by atoms with Gasteiger partial charge in [0.15, 0.2) is 0 Å². The highest BCUT2D eigenvalue weighted by molar-refractivity contribution is 7.89. The van der Waals surface area contributed by atoms with Crippen LogP contribution in [0.15, 0.2) is 35.2 Å². The van der Waals surface area contributed by atoms with Crippen LogP contribution in [0.3, 0.4) is 0 Å². The van der Waals surface area contributed by atoms with Gasteiger partial charge in [0.25, 0.3) is 0 Å². The van der Waals surface area contributed by atoms with Gasteiger partial charge in [-0.05, 0) is 37.5 Å². The normalized spacial score (nSPS) is 20.9. The van der Waals surface area contributed by atoms with Gasteiger partial charge in [0.2, 0.25) is 15.9 Å². The Labute approximate surface area is 130 Å². The predicted molar refractivity (Wildman–Crippen MR) is 82.7 cm³/mol. The van der Waals surface area contributed by atoms with E-state index >= 15 is 0 Å². The highest BCUT2D eigenvalue weighted by Crippen LogP contribution is 2.31. The second-order valence-electron chi connectivity index (χ2n) is 5.57. The standard InChI is InChI=1S/C15H20N2O4S/c1-15(7-3-4-8-15)14(18)17-10-11-5-6-12(21-2)13(9-11)22(16,19)20/h3,5-7,9H,4,8,10H2,1-2H3,(H,17,18)(H2,16,19,20). The first-order valence-electron chi connectivity index (χ1n) is 6.92. The number of hydrogen-bond acceptors (Lipinski definition) is 4. The molecule has 1 atom stereocenters. The Morgan fingerprint density at radius 2 is 2.18 bits per heavy atom. The molecule has 1 unspecified atom stereocenters. The molecule has 0 saturated heterocycles. The number of nitrogens with one attached hydrogen (secondary N) is 1. The van der Waals surface area contributed by atoms with Gasteiger partial charge in [0.05, 0.1) is 12.5 Å². The van der Waals surface area contributed by atoms with Crippen molar-refractivity contribution in [2.24, 2.45) is 10.6 Å². The Bertz CT molecular complexity index is 712. The van der Waals surface area contributed by atoms with Gasteiger partial charge in [-0.1, -0.05) is 18.2 Å². The topological polar surface area (TPSA) is 98.5 Å². The SMILES string of the molecule is COc1ccc(CNC(=O)C2(C)C=CCC2)cc1S(N)(=O)=O. The molecular weight excluding hydrogens is 304 g/mol. The van der Waals surface area contributed by atoms with Crippen molar-refractivity contribution in [3.05, 3.63) is 35.9 Å². The highest BCUT2D eigenvalue weighted by atomic mass is 32.2. The molecule has 120 valence electrons. The first kappa shape index (κ1) is 16.5. The fraction of sp³-hybridized carbons (Fsp3) is 0.400. The van der Waals surface area contributed by atoms with Crippen LogP contribution in [0.5, 0.6) is 5.75 Å². The molecule has 1 aliphatic carbocycles. The van der Waals surface area contributed by atoms with Crippen LogP contribution in [0.25, 0.3) is 0 Å². The highest BCUT2D eigenvalue weighted by Gasteiger charge is 2.32. The molecule has 3 N–H and O–H groups in total. The summed E-state index contributed by atoms with van der Waals surface area (Å²) in [5.41, 5.74) is 0.152. The average molecular weight is 324 g/mol. The van der Waals surface area contributed by atoms with Crippen LogP contribution < -0.4 is 15.2 Å². The van der Waals surface area contributed by atoms with E-state index in [1.165, 1.54) is 19.2 Å². The lowest BCUT2D eigenvalue weighted by molar-refractivity contribution is -0.128. The quantitative estimate of drug-likeness (QED) is 0.798. The summed E-state index contributed by atoms with van der Waals surface area (Å²) in [6, 6.07) is 4.64. The van der Waals surface area contributed by atoms with Crippen molar-refractivity contribution in [1.29, 1.82) is 0 Å². The van der Waals surface area contributed by atoms with E-state index in [9.17, 15) is 13.2 Å². The van der Waals surface area contributed by atoms with E-state index in [1.54, 1.807) is 6.07 Å². The van der Waals surface area contributed by atoms with Crippen LogP contribution in [-0.4, -0.2) is 21.4 Å². The first-order chi connectivity index (χ1) is 10.3. The van der Waals surface area contributed by atoms with Gasteiger partial charge in [0.1, 0.15) is 10.6 Å². The number of hydrogen-bond donors (Lipinski definition) is 2. The van der Waals surface area contributed by atoms with Crippen molar-refractivity contribution in [2.45, 2.75) is 31.2 Å². The smallest absolute Gasteiger partial charge is 0.241 e. The molecule has 0 saturated carbocycles. The largest absolute Gasteiger partial charge is 0.495 e. The van der Waals surface area contributed by atoms with Crippen molar-refractivity contribution in [3.63, 3.8) is 0 Å². The van der Waals surface area contributed by atoms with Gasteiger partial charge in [-0.2, -0.15) is 0 Å². The van der Waals surface area contributed by atoms with Gasteiger partial charge in [-0.25, -0.2) is 13.6 Å². The minimum atomic E-state index is -3.88. The van der Waals surface area contributed by atoms with Gasteiger partial charge in [0, 0.05) is 6.54 Å². The molecule has 0 aromatic heterocycles. The molecule has 1 aromatic rings. The fourth-order valence-corrected chi connectivity index (χ4v) is 3.18. The number of carbonyl (C=O) groups is 1. The molecule has 1 aromatic carbocycles. The Morgan fingerprint density at radius 3 is 2.73 bits per heavy atom. The molecule has 0 heterocycles. The van der Waals surface area contributed by atoms with Gasteiger partial charge in [-0.15, -0.1) is 0 Å². The summed E-state index contributed by atoms with van der Waals surface area (Å²) >= 11 is 0. The zero-order valence-corrected chi connectivity index (χ0v) is 13.4. The van der Waals surface area contributed by atoms with Crippen LogP contribution in [-0.2, 0) is 21.4 Å². The molecule has 0 fully saturated rings. The summed E-state index contributed by atoms with van der Waals surface area (Å²) in [6.45, 7) is 2.12. The first-order valence-corrected chi connectivity index (χ1v) is 8.46. The molecule has 7 heteroatoms. The second kappa shape index (κ2) is 6.10. The summed E-state index contributed by atoms with van der Waals surface area (Å²) < 4.78 is 28.1. The summed E-state index contributed by atoms with van der Waals surface area (Å²) in [7, 11) is -2.51. The molecule has 22 heavy (non-hydrogen) atoms. The van der Waals surface area contributed by atoms with Crippen LogP contribution in [0.1, 0.15) is 25.3 Å². The van der Waals surface area contributed by atoms with Crippen molar-refractivity contribution in [2.75, 3.05) is 7.11 Å². The molecule has 2 rings (SSSR count). The van der Waals surface area contributed by atoms with E-state index in [0.717, 1.165) is 12.8 Å². The number of benzene rings is 1. The summed E-state index contributed by atoms with van der Waals surface area (Å²) in [6.07, 6.45) is 5.57. The number of amides is 1. The second-order valence-corrected chi connectivity index (χ2v) is 7.10. The predicted octanol–water partition coefficient (Wildman–Crippen LogP) is 1.32. The van der Waals surface area contributed by atoms with Crippen molar-refractivity contribution < 1.29 is 17.9 Å². The maximum atomic E-state index is 12.2. The number of nitrogens with two attached hydrogens (primary N) is 1. The van der Waals surface area contributed by atoms with Crippen LogP contribution in [0.4, 0.5) is 0 Å². The van der Waals surface area contributed by atoms with E-state index in [-0.39, 0.29) is 23.1 Å². The molecule has 1 aliphatic rings. The molecule has 0 radical (unpaired) electrons. The lowest BCUT2D eigenvalue weighted by Gasteiger charge is -2.21. The maximum absolute atomic E-state index is 12.2. The number of methoxy groups -OCH3 is 1. The number of allylic oxidation sites excluding steroid dienone is 1. The summed E-state index contributed by atoms with van der Waals surface area (Å²) in [5.74, 6) is 0.109. The number of carbonyl (C=O) groups excluding carboxylic acids is 1. The van der Waals surface area contributed by atoms with E-state index in [4.69, 9.17) is 9.88 Å². The third kappa shape index (κ3) is 3.48. The number of primary sulfonamides is 1. The number of sulfonamides is 1. The monoisotopic (exact) mass is 324 g/mol. The molecule has 1 amide bonds. The molecule has 0 spiro atoms. The van der Waals surface area contributed by atoms with E-state index in [2.05, 4.69) is 5.32 Å². The Hall–Kier alpha value is -1.86. The zero-order valence-electron chi connectivity index (χ0n) is 12.6. The van der Waals surface area contributed by atoms with Crippen molar-refractivity contribution >= 4 is 15.9 Å². The minimum Gasteiger partial charge on any atom is -0.495 e. The van der Waals surface area contributed by atoms with Crippen LogP contribution >= 0.6 is 0 Å². The molecular formula is C15H20N2O4S. The Kier molecular flexibility index (Phi) is 4.58. The summed E-state index contributed by atoms with van der Waals surface area (Å²) in [5, 5.41) is 8.01. The van der Waals surface area contributed by atoms with Crippen LogP contribution in [0, 0.1) is 5.41 Å². The van der Waals surface area contributed by atoms with Gasteiger partial charge in [-0.3, -0.25) is 4.79 Å². The molecule has 0 bridgehead atoms. The Balaban J connectivity index is 2.14. The fourth-order valence-electron chi connectivity index (χ4n) is 2.44. The number of rotatable bonds is 5. The maximum Gasteiger partial charge on any atom is 0.241 e. The lowest BCUT2D eigenvalue weighted by Crippen LogP contribution is -2.36. The molecule has 0 aliphatic heterocycles. The lowest BCUT2D eigenvalue weighted by atomic mass is 9.89. The third-order valence-electron chi connectivity index (χ3n) is 3.82. The van der Waals surface area contributed by atoms with E-state index in [1.807, 2.05) is 19.1 Å². The zero-order chi connectivity index (χ0) is 16.4. The van der Waals surface area contributed by atoms with E-state index < -0.39 is 15.4 Å². The van der Waals surface area contributed by atoms with E-state index in [0.29, 0.717) is 5.56 Å². The summed E-state index contributed by atoms with van der Waals surface area (Å²) in [4.78, 5) is 12.1. The van der Waals surface area contributed by atoms with Crippen LogP contribution in [0.2, 0.25) is 0 Å². The average Bonchev–Trinajstić information content (AvgIpc) is 2.91. The minimum absolute atomic E-state index is 0.0748. The van der Waals surface area contributed by atoms with Crippen molar-refractivity contribution in [1.82, 2.24) is 5.32 Å². The number of ether oxygens (including phenoxy) is 1. The molecule has 6 nitrogen and oxygen atoms in total. The van der Waals surface area contributed by atoms with Gasteiger partial charge >= 0.3 is 0 Å². The third-order valence-corrected chi connectivity index (χ3v) is 4.75. The van der Waals surface area contributed by atoms with Crippen molar-refractivity contribution in [3.8, 4) is 5.75 Å². The Morgan fingerprint density at radius 1 is 1.45 bits per heavy atom. The van der Waals surface area contributed by atoms with Gasteiger partial charge < -0.3 is 10.1 Å².